The second-order valence-electron chi connectivity index (χ2n) is 9.68. The summed E-state index contributed by atoms with van der Waals surface area (Å²) in [6, 6.07) is 9.92. The predicted octanol–water partition coefficient (Wildman–Crippen LogP) is 3.52. The van der Waals surface area contributed by atoms with E-state index in [1.165, 1.54) is 31.2 Å². The molecule has 1 aromatic rings. The summed E-state index contributed by atoms with van der Waals surface area (Å²) in [7, 11) is 0. The van der Waals surface area contributed by atoms with Crippen LogP contribution in [0.25, 0.3) is 0 Å². The van der Waals surface area contributed by atoms with Gasteiger partial charge in [-0.3, -0.25) is 14.5 Å². The number of hydrogen-bond donors (Lipinski definition) is 2. The van der Waals surface area contributed by atoms with Gasteiger partial charge in [0.05, 0.1) is 17.7 Å². The number of likely N-dealkylation sites (tertiary alicyclic amines) is 1. The van der Waals surface area contributed by atoms with Gasteiger partial charge in [-0.15, -0.1) is 0 Å². The van der Waals surface area contributed by atoms with Crippen LogP contribution in [0.1, 0.15) is 58.4 Å². The molecule has 161 valence electrons. The Morgan fingerprint density at radius 3 is 2.62 bits per heavy atom. The molecule has 0 spiro atoms. The molecule has 1 radical (unpaired) electrons. The van der Waals surface area contributed by atoms with Crippen LogP contribution in [0.5, 0.6) is 0 Å². The summed E-state index contributed by atoms with van der Waals surface area (Å²) < 4.78 is 0. The number of aliphatic hydroxyl groups excluding tert-OH is 1. The summed E-state index contributed by atoms with van der Waals surface area (Å²) in [6.45, 7) is 7.14. The van der Waals surface area contributed by atoms with Crippen molar-refractivity contribution in [1.82, 2.24) is 10.4 Å². The molecule has 1 saturated heterocycles. The molecule has 4 atom stereocenters. The number of nitrogens with one attached hydrogen (secondary N) is 1. The van der Waals surface area contributed by atoms with E-state index in [-0.39, 0.29) is 11.9 Å². The lowest BCUT2D eigenvalue weighted by Gasteiger charge is -2.46. The van der Waals surface area contributed by atoms with Gasteiger partial charge < -0.3 is 5.11 Å². The molecule has 0 aromatic heterocycles. The maximum Gasteiger partial charge on any atom is 0.260 e. The molecule has 2 N–H and O–H groups in total. The monoisotopic (exact) mass is 401 g/mol. The minimum Gasteiger partial charge on any atom is -0.391 e. The van der Waals surface area contributed by atoms with Gasteiger partial charge in [-0.25, -0.2) is 5.48 Å². The first-order valence-electron chi connectivity index (χ1n) is 11.1. The lowest BCUT2D eigenvalue weighted by molar-refractivity contribution is -0.154. The molecule has 0 bridgehead atoms. The number of benzene rings is 1. The van der Waals surface area contributed by atoms with Crippen LogP contribution in [0, 0.1) is 18.3 Å². The van der Waals surface area contributed by atoms with Gasteiger partial charge in [-0.1, -0.05) is 49.6 Å². The number of β-amino-alcohol motifs (C(OH)–C–C–N with tert-alkyl or cyclic N) is 1. The van der Waals surface area contributed by atoms with Crippen molar-refractivity contribution in [3.05, 3.63) is 42.3 Å². The number of aliphatic hydroxyl groups is 1. The minimum atomic E-state index is -0.561. The van der Waals surface area contributed by atoms with Crippen molar-refractivity contribution in [3.8, 4) is 0 Å². The zero-order chi connectivity index (χ0) is 20.9. The van der Waals surface area contributed by atoms with E-state index in [0.29, 0.717) is 18.4 Å². The van der Waals surface area contributed by atoms with Crippen molar-refractivity contribution in [2.45, 2.75) is 77.0 Å². The number of carbonyl (C=O) groups excluding carboxylic acids is 1. The standard InChI is InChI=1S/C24H37N2O3/c1-24(2,3)29-25-23(28)22-15-19-11-7-8-12-20(19)16-26(22)17-21(27)14-13-18-9-5-4-6-10-18/h4-6,9-10,14,19-22,27H,7-8,11-13,15-17H2,1-3H3,(H,25,28)/t19-,20+,21?,22-/m0/s1. The van der Waals surface area contributed by atoms with Gasteiger partial charge in [-0.05, 0) is 63.9 Å². The molecule has 1 aromatic carbocycles. The molecule has 1 saturated carbocycles. The molecule has 1 amide bonds. The maximum absolute atomic E-state index is 12.9. The third-order valence-corrected chi connectivity index (χ3v) is 6.15. The van der Waals surface area contributed by atoms with Gasteiger partial charge >= 0.3 is 0 Å². The predicted molar refractivity (Wildman–Crippen MR) is 115 cm³/mol. The number of carbonyl (C=O) groups is 1. The summed E-state index contributed by atoms with van der Waals surface area (Å²) in [5.74, 6) is 1.16. The second kappa shape index (κ2) is 10.1. The molecule has 2 aliphatic rings. The first kappa shape index (κ1) is 22.3. The largest absolute Gasteiger partial charge is 0.391 e. The second-order valence-corrected chi connectivity index (χ2v) is 9.68. The number of amides is 1. The number of fused-ring (bicyclic) bond motifs is 1. The molecule has 5 nitrogen and oxygen atoms in total. The quantitative estimate of drug-likeness (QED) is 0.686. The summed E-state index contributed by atoms with van der Waals surface area (Å²) in [4.78, 5) is 20.6. The lowest BCUT2D eigenvalue weighted by atomic mass is 9.72. The SMILES string of the molecule is CC(C)(C)ONC(=O)[C@@H]1C[C@@H]2CCCC[C@@H]2CN1CC(O)[CH]Cc1ccccc1. The van der Waals surface area contributed by atoms with Crippen molar-refractivity contribution < 1.29 is 14.7 Å². The minimum absolute atomic E-state index is 0.0841. The first-order valence-corrected chi connectivity index (χ1v) is 11.1. The van der Waals surface area contributed by atoms with E-state index in [0.717, 1.165) is 19.4 Å². The Morgan fingerprint density at radius 1 is 1.24 bits per heavy atom. The Bertz CT molecular complexity index is 643. The normalized spacial score (nSPS) is 26.6. The van der Waals surface area contributed by atoms with E-state index >= 15 is 0 Å². The summed E-state index contributed by atoms with van der Waals surface area (Å²) in [5.41, 5.74) is 3.44. The third kappa shape index (κ3) is 6.80. The number of nitrogens with zero attached hydrogens (tertiary/aromatic N) is 1. The van der Waals surface area contributed by atoms with E-state index in [9.17, 15) is 9.90 Å². The zero-order valence-corrected chi connectivity index (χ0v) is 18.1. The molecule has 2 fully saturated rings. The van der Waals surface area contributed by atoms with E-state index < -0.39 is 11.7 Å². The molecule has 1 heterocycles. The number of hydroxylamine groups is 1. The third-order valence-electron chi connectivity index (χ3n) is 6.15. The Balaban J connectivity index is 1.60. The molecule has 5 heteroatoms. The van der Waals surface area contributed by atoms with Crippen LogP contribution in [0.15, 0.2) is 30.3 Å². The van der Waals surface area contributed by atoms with E-state index in [1.54, 1.807) is 0 Å². The van der Waals surface area contributed by atoms with Gasteiger partial charge in [-0.2, -0.15) is 0 Å². The maximum atomic E-state index is 12.9. The van der Waals surface area contributed by atoms with Gasteiger partial charge in [0, 0.05) is 13.1 Å². The van der Waals surface area contributed by atoms with Crippen LogP contribution in [0.2, 0.25) is 0 Å². The highest BCUT2D eigenvalue weighted by Gasteiger charge is 2.40. The van der Waals surface area contributed by atoms with Crippen LogP contribution in [0.4, 0.5) is 0 Å². The number of piperidine rings is 1. The van der Waals surface area contributed by atoms with Crippen molar-refractivity contribution >= 4 is 5.91 Å². The van der Waals surface area contributed by atoms with Gasteiger partial charge in [0.25, 0.3) is 5.91 Å². The molecule has 1 unspecified atom stereocenters. The van der Waals surface area contributed by atoms with Gasteiger partial charge in [0.15, 0.2) is 0 Å². The van der Waals surface area contributed by atoms with Crippen LogP contribution < -0.4 is 5.48 Å². The molecular formula is C24H37N2O3. The van der Waals surface area contributed by atoms with Crippen LogP contribution in [0.3, 0.4) is 0 Å². The molecule has 1 aliphatic carbocycles. The zero-order valence-electron chi connectivity index (χ0n) is 18.1. The highest BCUT2D eigenvalue weighted by atomic mass is 16.7. The van der Waals surface area contributed by atoms with Gasteiger partial charge in [0.2, 0.25) is 0 Å². The summed E-state index contributed by atoms with van der Waals surface area (Å²) in [6.07, 6.45) is 7.96. The average Bonchev–Trinajstić information content (AvgIpc) is 2.70. The number of hydrogen-bond acceptors (Lipinski definition) is 4. The van der Waals surface area contributed by atoms with E-state index in [1.807, 2.05) is 45.4 Å². The van der Waals surface area contributed by atoms with Crippen molar-refractivity contribution in [1.29, 1.82) is 0 Å². The fraction of sp³-hybridized carbons (Fsp3) is 0.667. The Kier molecular flexibility index (Phi) is 7.72. The van der Waals surface area contributed by atoms with Gasteiger partial charge in [0.1, 0.15) is 0 Å². The summed E-state index contributed by atoms with van der Waals surface area (Å²) in [5, 5.41) is 10.7. The molecular weight excluding hydrogens is 364 g/mol. The highest BCUT2D eigenvalue weighted by Crippen LogP contribution is 2.38. The Hall–Kier alpha value is -1.43. The van der Waals surface area contributed by atoms with E-state index in [2.05, 4.69) is 22.5 Å². The molecule has 29 heavy (non-hydrogen) atoms. The Labute approximate surface area is 175 Å². The topological polar surface area (TPSA) is 61.8 Å². The van der Waals surface area contributed by atoms with Crippen LogP contribution in [-0.4, -0.2) is 46.7 Å². The van der Waals surface area contributed by atoms with Crippen molar-refractivity contribution in [2.75, 3.05) is 13.1 Å². The highest BCUT2D eigenvalue weighted by molar-refractivity contribution is 5.81. The smallest absolute Gasteiger partial charge is 0.260 e. The fourth-order valence-electron chi connectivity index (χ4n) is 4.65. The van der Waals surface area contributed by atoms with Crippen molar-refractivity contribution in [3.63, 3.8) is 0 Å². The van der Waals surface area contributed by atoms with E-state index in [4.69, 9.17) is 4.84 Å². The lowest BCUT2D eigenvalue weighted by Crippen LogP contribution is -2.57. The van der Waals surface area contributed by atoms with Crippen molar-refractivity contribution in [2.24, 2.45) is 11.8 Å². The first-order chi connectivity index (χ1) is 13.8. The fourth-order valence-corrected chi connectivity index (χ4v) is 4.65. The summed E-state index contributed by atoms with van der Waals surface area (Å²) >= 11 is 0. The van der Waals surface area contributed by atoms with Crippen LogP contribution in [-0.2, 0) is 16.1 Å². The number of rotatable bonds is 7. The van der Waals surface area contributed by atoms with Crippen LogP contribution >= 0.6 is 0 Å². The average molecular weight is 402 g/mol. The molecule has 3 rings (SSSR count). The Morgan fingerprint density at radius 2 is 1.93 bits per heavy atom. The molecule has 1 aliphatic heterocycles.